The predicted molar refractivity (Wildman–Crippen MR) is 64.0 cm³/mol. The molecule has 6 nitrogen and oxygen atoms in total. The number of carboxylic acid groups (broad SMARTS) is 1. The van der Waals surface area contributed by atoms with Crippen LogP contribution in [0.2, 0.25) is 6.32 Å². The van der Waals surface area contributed by atoms with E-state index in [0.29, 0.717) is 12.9 Å². The number of nitrogens with one attached hydrogen (secondary N) is 1. The number of carbonyl (C=O) groups is 1. The highest BCUT2D eigenvalue weighted by atomic mass is 16.4. The van der Waals surface area contributed by atoms with Crippen LogP contribution in [0.5, 0.6) is 0 Å². The van der Waals surface area contributed by atoms with Gasteiger partial charge in [0.05, 0.1) is 5.92 Å². The average molecular weight is 234 g/mol. The molecule has 1 saturated heterocycles. The number of aliphatic carboxylic acids is 1. The molecule has 0 spiro atoms. The van der Waals surface area contributed by atoms with Crippen LogP contribution in [0.25, 0.3) is 0 Å². The fourth-order valence-corrected chi connectivity index (χ4v) is 1.12. The van der Waals surface area contributed by atoms with Crippen molar-refractivity contribution in [1.29, 1.82) is 0 Å². The van der Waals surface area contributed by atoms with Crippen molar-refractivity contribution in [3.63, 3.8) is 0 Å². The van der Waals surface area contributed by atoms with Crippen LogP contribution in [0.1, 0.15) is 19.8 Å². The van der Waals surface area contributed by atoms with Gasteiger partial charge in [-0.25, -0.2) is 0 Å². The summed E-state index contributed by atoms with van der Waals surface area (Å²) in [6.07, 6.45) is 2.10. The zero-order valence-electron chi connectivity index (χ0n) is 10.0. The minimum absolute atomic E-state index is 0.130. The third kappa shape index (κ3) is 11.4. The van der Waals surface area contributed by atoms with Crippen molar-refractivity contribution < 1.29 is 19.9 Å². The molecular weight excluding hydrogens is 211 g/mol. The van der Waals surface area contributed by atoms with E-state index in [0.717, 1.165) is 19.4 Å². The van der Waals surface area contributed by atoms with Gasteiger partial charge in [0.25, 0.3) is 0 Å². The molecule has 1 atom stereocenters. The quantitative estimate of drug-likeness (QED) is 0.405. The van der Waals surface area contributed by atoms with Gasteiger partial charge in [-0.15, -0.1) is 0 Å². The van der Waals surface area contributed by atoms with E-state index >= 15 is 0 Å². The summed E-state index contributed by atoms with van der Waals surface area (Å²) in [5.74, 6) is -0.801. The van der Waals surface area contributed by atoms with Gasteiger partial charge < -0.3 is 26.2 Å². The van der Waals surface area contributed by atoms with Crippen LogP contribution >= 0.6 is 0 Å². The van der Waals surface area contributed by atoms with Crippen molar-refractivity contribution in [2.75, 3.05) is 20.1 Å². The van der Waals surface area contributed by atoms with Crippen LogP contribution in [0, 0.1) is 5.92 Å². The van der Waals surface area contributed by atoms with Gasteiger partial charge in [-0.3, -0.25) is 4.79 Å². The first-order valence-electron chi connectivity index (χ1n) is 5.45. The summed E-state index contributed by atoms with van der Waals surface area (Å²) in [7, 11) is 0.398. The summed E-state index contributed by atoms with van der Waals surface area (Å²) in [5.41, 5.74) is 4.50. The first kappa shape index (κ1) is 17.8. The van der Waals surface area contributed by atoms with E-state index in [1.165, 1.54) is 7.05 Å². The number of carboxylic acids is 1. The summed E-state index contributed by atoms with van der Waals surface area (Å²) in [5, 5.41) is 27.6. The first-order valence-corrected chi connectivity index (χ1v) is 5.45. The molecule has 0 aliphatic carbocycles. The lowest BCUT2D eigenvalue weighted by molar-refractivity contribution is -0.140. The van der Waals surface area contributed by atoms with Gasteiger partial charge in [-0.05, 0) is 26.3 Å². The Balaban J connectivity index is 0. The van der Waals surface area contributed by atoms with E-state index in [1.54, 1.807) is 0 Å². The van der Waals surface area contributed by atoms with Crippen LogP contribution in [0.3, 0.4) is 0 Å². The van der Waals surface area contributed by atoms with Crippen LogP contribution in [-0.2, 0) is 4.79 Å². The van der Waals surface area contributed by atoms with Gasteiger partial charge in [0, 0.05) is 6.54 Å². The largest absolute Gasteiger partial charge is 0.481 e. The minimum Gasteiger partial charge on any atom is -0.481 e. The molecule has 0 aromatic heterocycles. The average Bonchev–Trinajstić information content (AvgIpc) is 2.74. The van der Waals surface area contributed by atoms with Gasteiger partial charge in [-0.1, -0.05) is 13.3 Å². The Morgan fingerprint density at radius 2 is 2.06 bits per heavy atom. The lowest BCUT2D eigenvalue weighted by atomic mass is 9.85. The molecule has 0 aromatic carbocycles. The molecule has 1 aliphatic rings. The third-order valence-corrected chi connectivity index (χ3v) is 1.96. The molecule has 96 valence electrons. The Labute approximate surface area is 97.0 Å². The standard InChI is InChI=1S/C5H9NO2.C3H9BO2.CH5N/c7-5(8)4-1-2-6-3-4;1-2-3-4(5)6;1-2/h4,6H,1-3H2,(H,7,8);5-6H,2-3H2,1H3;2H2,1H3/t4-;;/m0../s1. The molecular formula is C9H23BN2O4. The summed E-state index contributed by atoms with van der Waals surface area (Å²) >= 11 is 0. The molecule has 16 heavy (non-hydrogen) atoms. The van der Waals surface area contributed by atoms with E-state index in [9.17, 15) is 4.79 Å². The van der Waals surface area contributed by atoms with Crippen LogP contribution in [0.4, 0.5) is 0 Å². The van der Waals surface area contributed by atoms with E-state index in [2.05, 4.69) is 11.1 Å². The maximum absolute atomic E-state index is 10.2. The molecule has 0 amide bonds. The zero-order valence-corrected chi connectivity index (χ0v) is 10.0. The van der Waals surface area contributed by atoms with Gasteiger partial charge in [0.2, 0.25) is 0 Å². The van der Waals surface area contributed by atoms with Crippen molar-refractivity contribution in [2.45, 2.75) is 26.1 Å². The topological polar surface area (TPSA) is 116 Å². The molecule has 0 saturated carbocycles. The molecule has 0 unspecified atom stereocenters. The molecule has 1 rings (SSSR count). The summed E-state index contributed by atoms with van der Waals surface area (Å²) in [6, 6.07) is 0. The Morgan fingerprint density at radius 3 is 2.19 bits per heavy atom. The third-order valence-electron chi connectivity index (χ3n) is 1.96. The highest BCUT2D eigenvalue weighted by molar-refractivity contribution is 6.40. The Hall–Kier alpha value is -0.625. The van der Waals surface area contributed by atoms with Gasteiger partial charge >= 0.3 is 13.1 Å². The van der Waals surface area contributed by atoms with Crippen molar-refractivity contribution in [2.24, 2.45) is 11.7 Å². The normalized spacial score (nSPS) is 17.7. The van der Waals surface area contributed by atoms with Gasteiger partial charge in [-0.2, -0.15) is 0 Å². The number of hydrogen-bond donors (Lipinski definition) is 5. The maximum Gasteiger partial charge on any atom is 0.451 e. The molecule has 0 bridgehead atoms. The fraction of sp³-hybridized carbons (Fsp3) is 0.889. The molecule has 0 radical (unpaired) electrons. The van der Waals surface area contributed by atoms with Crippen molar-refractivity contribution in [3.8, 4) is 0 Å². The fourth-order valence-electron chi connectivity index (χ4n) is 1.12. The Bertz CT molecular complexity index is 164. The smallest absolute Gasteiger partial charge is 0.451 e. The predicted octanol–water partition coefficient (Wildman–Crippen LogP) is -0.875. The highest BCUT2D eigenvalue weighted by Crippen LogP contribution is 2.05. The van der Waals surface area contributed by atoms with Crippen molar-refractivity contribution >= 4 is 13.1 Å². The molecule has 0 aromatic rings. The second-order valence-electron chi connectivity index (χ2n) is 3.30. The number of hydrogen-bond acceptors (Lipinski definition) is 5. The van der Waals surface area contributed by atoms with Crippen LogP contribution < -0.4 is 11.1 Å². The summed E-state index contributed by atoms with van der Waals surface area (Å²) in [6.45, 7) is 3.41. The van der Waals surface area contributed by atoms with E-state index in [4.69, 9.17) is 15.2 Å². The minimum atomic E-state index is -1.10. The van der Waals surface area contributed by atoms with E-state index in [-0.39, 0.29) is 5.92 Å². The SMILES string of the molecule is CCCB(O)O.CN.O=C(O)[C@H]1CCNC1. The first-order chi connectivity index (χ1) is 7.57. The molecule has 7 heteroatoms. The lowest BCUT2D eigenvalue weighted by Crippen LogP contribution is -2.16. The highest BCUT2D eigenvalue weighted by Gasteiger charge is 2.20. The molecule has 1 fully saturated rings. The summed E-state index contributed by atoms with van der Waals surface area (Å²) in [4.78, 5) is 10.2. The van der Waals surface area contributed by atoms with Gasteiger partial charge in [0.15, 0.2) is 0 Å². The van der Waals surface area contributed by atoms with E-state index in [1.807, 2.05) is 6.92 Å². The molecule has 6 N–H and O–H groups in total. The zero-order chi connectivity index (χ0) is 13.0. The lowest BCUT2D eigenvalue weighted by Gasteiger charge is -1.96. The van der Waals surface area contributed by atoms with Gasteiger partial charge in [0.1, 0.15) is 0 Å². The summed E-state index contributed by atoms with van der Waals surface area (Å²) < 4.78 is 0. The molecule has 1 heterocycles. The second kappa shape index (κ2) is 12.4. The van der Waals surface area contributed by atoms with Crippen molar-refractivity contribution in [3.05, 3.63) is 0 Å². The maximum atomic E-state index is 10.2. The van der Waals surface area contributed by atoms with Crippen LogP contribution in [-0.4, -0.2) is 48.4 Å². The number of rotatable bonds is 3. The Morgan fingerprint density at radius 1 is 1.50 bits per heavy atom. The van der Waals surface area contributed by atoms with Crippen LogP contribution in [0.15, 0.2) is 0 Å². The van der Waals surface area contributed by atoms with E-state index < -0.39 is 13.1 Å². The second-order valence-corrected chi connectivity index (χ2v) is 3.30. The van der Waals surface area contributed by atoms with Crippen molar-refractivity contribution in [1.82, 2.24) is 5.32 Å². The monoisotopic (exact) mass is 234 g/mol. The number of nitrogens with two attached hydrogens (primary N) is 1. The molecule has 1 aliphatic heterocycles. The Kier molecular flexibility index (Phi) is 13.8.